The summed E-state index contributed by atoms with van der Waals surface area (Å²) in [5.41, 5.74) is 1.17. The van der Waals surface area contributed by atoms with Crippen molar-refractivity contribution < 1.29 is 0 Å². The molecule has 3 nitrogen and oxygen atoms in total. The molecule has 20 heavy (non-hydrogen) atoms. The van der Waals surface area contributed by atoms with E-state index in [1.54, 1.807) is 18.4 Å². The van der Waals surface area contributed by atoms with Crippen molar-refractivity contribution in [1.29, 1.82) is 0 Å². The fraction of sp³-hybridized carbons (Fsp3) is 0.267. The topological polar surface area (TPSA) is 36.4 Å². The number of guanidine groups is 1. The predicted molar refractivity (Wildman–Crippen MR) is 87.5 cm³/mol. The minimum Gasteiger partial charge on any atom is -0.352 e. The minimum atomic E-state index is 0.723. The third kappa shape index (κ3) is 4.54. The fourth-order valence-corrected chi connectivity index (χ4v) is 2.72. The zero-order valence-corrected chi connectivity index (χ0v) is 13.2. The Kier molecular flexibility index (Phi) is 5.44. The first-order valence-corrected chi connectivity index (χ1v) is 7.61. The molecule has 0 atom stereocenters. The second kappa shape index (κ2) is 7.31. The smallest absolute Gasteiger partial charge is 0.191 e. The number of nitrogens with one attached hydrogen (secondary N) is 2. The molecule has 2 aromatic rings. The molecular formula is C15H18ClN3S. The van der Waals surface area contributed by atoms with Crippen LogP contribution in [0.3, 0.4) is 0 Å². The van der Waals surface area contributed by atoms with Crippen molar-refractivity contribution in [1.82, 2.24) is 10.6 Å². The molecule has 0 saturated carbocycles. The summed E-state index contributed by atoms with van der Waals surface area (Å²) in [5, 5.41) is 7.34. The van der Waals surface area contributed by atoms with Crippen LogP contribution in [0.25, 0.3) is 0 Å². The van der Waals surface area contributed by atoms with Gasteiger partial charge in [-0.25, -0.2) is 0 Å². The molecule has 106 valence electrons. The highest BCUT2D eigenvalue weighted by Gasteiger charge is 2.00. The molecule has 0 aliphatic heterocycles. The van der Waals surface area contributed by atoms with E-state index in [-0.39, 0.29) is 0 Å². The van der Waals surface area contributed by atoms with Gasteiger partial charge in [-0.3, -0.25) is 4.99 Å². The Morgan fingerprint density at radius 2 is 1.80 bits per heavy atom. The van der Waals surface area contributed by atoms with Gasteiger partial charge in [0, 0.05) is 28.4 Å². The summed E-state index contributed by atoms with van der Waals surface area (Å²) < 4.78 is 0. The standard InChI is InChI=1S/C15H18ClN3S/c1-11-3-8-14(20-11)10-19-15(17-2)18-9-12-4-6-13(16)7-5-12/h3-8H,9-10H2,1-2H3,(H2,17,18,19). The summed E-state index contributed by atoms with van der Waals surface area (Å²) in [7, 11) is 1.77. The van der Waals surface area contributed by atoms with E-state index in [1.165, 1.54) is 15.3 Å². The first kappa shape index (κ1) is 14.9. The lowest BCUT2D eigenvalue weighted by molar-refractivity contribution is 0.815. The molecule has 2 N–H and O–H groups in total. The fourth-order valence-electron chi connectivity index (χ4n) is 1.76. The van der Waals surface area contributed by atoms with Crippen molar-refractivity contribution in [2.24, 2.45) is 4.99 Å². The van der Waals surface area contributed by atoms with E-state index >= 15 is 0 Å². The third-order valence-electron chi connectivity index (χ3n) is 2.82. The van der Waals surface area contributed by atoms with E-state index in [9.17, 15) is 0 Å². The van der Waals surface area contributed by atoms with E-state index in [1.807, 2.05) is 24.3 Å². The van der Waals surface area contributed by atoms with Crippen LogP contribution < -0.4 is 10.6 Å². The van der Waals surface area contributed by atoms with E-state index in [2.05, 4.69) is 34.7 Å². The molecule has 0 saturated heterocycles. The monoisotopic (exact) mass is 307 g/mol. The molecule has 0 aliphatic rings. The summed E-state index contributed by atoms with van der Waals surface area (Å²) in [6.07, 6.45) is 0. The molecule has 1 aromatic carbocycles. The number of rotatable bonds is 4. The molecule has 0 bridgehead atoms. The Bertz CT molecular complexity index is 575. The Labute approximate surface area is 128 Å². The van der Waals surface area contributed by atoms with Gasteiger partial charge in [-0.1, -0.05) is 23.7 Å². The molecule has 0 radical (unpaired) electrons. The largest absolute Gasteiger partial charge is 0.352 e. The molecule has 1 heterocycles. The second-order valence-electron chi connectivity index (χ2n) is 4.42. The number of halogens is 1. The van der Waals surface area contributed by atoms with Gasteiger partial charge in [-0.15, -0.1) is 11.3 Å². The van der Waals surface area contributed by atoms with Crippen LogP contribution in [-0.2, 0) is 13.1 Å². The quantitative estimate of drug-likeness (QED) is 0.669. The summed E-state index contributed by atoms with van der Waals surface area (Å²) in [6, 6.07) is 12.1. The van der Waals surface area contributed by atoms with Gasteiger partial charge in [-0.2, -0.15) is 0 Å². The van der Waals surface area contributed by atoms with E-state index in [0.717, 1.165) is 24.1 Å². The lowest BCUT2D eigenvalue weighted by atomic mass is 10.2. The molecule has 0 fully saturated rings. The molecule has 0 aliphatic carbocycles. The van der Waals surface area contributed by atoms with Crippen molar-refractivity contribution in [3.05, 3.63) is 56.7 Å². The molecular weight excluding hydrogens is 290 g/mol. The summed E-state index contributed by atoms with van der Waals surface area (Å²) in [4.78, 5) is 6.84. The van der Waals surface area contributed by atoms with E-state index < -0.39 is 0 Å². The number of aliphatic imine (C=N–C) groups is 1. The first-order valence-electron chi connectivity index (χ1n) is 6.41. The van der Waals surface area contributed by atoms with Crippen molar-refractivity contribution in [2.45, 2.75) is 20.0 Å². The van der Waals surface area contributed by atoms with Crippen molar-refractivity contribution in [3.63, 3.8) is 0 Å². The highest BCUT2D eigenvalue weighted by atomic mass is 35.5. The van der Waals surface area contributed by atoms with Crippen LogP contribution >= 0.6 is 22.9 Å². The lowest BCUT2D eigenvalue weighted by Gasteiger charge is -2.11. The molecule has 5 heteroatoms. The van der Waals surface area contributed by atoms with Crippen LogP contribution in [0.15, 0.2) is 41.4 Å². The Morgan fingerprint density at radius 3 is 2.40 bits per heavy atom. The van der Waals surface area contributed by atoms with Gasteiger partial charge < -0.3 is 10.6 Å². The molecule has 0 spiro atoms. The third-order valence-corrected chi connectivity index (χ3v) is 4.08. The highest BCUT2D eigenvalue weighted by molar-refractivity contribution is 7.11. The maximum atomic E-state index is 5.87. The van der Waals surface area contributed by atoms with Gasteiger partial charge in [0.15, 0.2) is 5.96 Å². The number of nitrogens with zero attached hydrogens (tertiary/aromatic N) is 1. The second-order valence-corrected chi connectivity index (χ2v) is 6.23. The SMILES string of the molecule is CN=C(NCc1ccc(Cl)cc1)NCc1ccc(C)s1. The molecule has 0 unspecified atom stereocenters. The maximum Gasteiger partial charge on any atom is 0.191 e. The van der Waals surface area contributed by atoms with Crippen LogP contribution in [-0.4, -0.2) is 13.0 Å². The van der Waals surface area contributed by atoms with Gasteiger partial charge in [0.1, 0.15) is 0 Å². The average molecular weight is 308 g/mol. The number of hydrogen-bond donors (Lipinski definition) is 2. The molecule has 2 rings (SSSR count). The average Bonchev–Trinajstić information content (AvgIpc) is 2.87. The van der Waals surface area contributed by atoms with E-state index in [0.29, 0.717) is 0 Å². The van der Waals surface area contributed by atoms with Crippen LogP contribution in [0.2, 0.25) is 5.02 Å². The first-order chi connectivity index (χ1) is 9.67. The van der Waals surface area contributed by atoms with Crippen molar-refractivity contribution >= 4 is 28.9 Å². The summed E-state index contributed by atoms with van der Waals surface area (Å²) in [6.45, 7) is 3.63. The maximum absolute atomic E-state index is 5.87. The van der Waals surface area contributed by atoms with Crippen LogP contribution in [0.1, 0.15) is 15.3 Å². The predicted octanol–water partition coefficient (Wildman–Crippen LogP) is 3.58. The van der Waals surface area contributed by atoms with Gasteiger partial charge in [0.25, 0.3) is 0 Å². The summed E-state index contributed by atoms with van der Waals surface area (Å²) >= 11 is 7.66. The van der Waals surface area contributed by atoms with E-state index in [4.69, 9.17) is 11.6 Å². The Morgan fingerprint density at radius 1 is 1.10 bits per heavy atom. The number of thiophene rings is 1. The van der Waals surface area contributed by atoms with Crippen molar-refractivity contribution in [3.8, 4) is 0 Å². The van der Waals surface area contributed by atoms with Gasteiger partial charge in [0.05, 0.1) is 6.54 Å². The number of hydrogen-bond acceptors (Lipinski definition) is 2. The van der Waals surface area contributed by atoms with Crippen LogP contribution in [0.4, 0.5) is 0 Å². The van der Waals surface area contributed by atoms with Gasteiger partial charge >= 0.3 is 0 Å². The van der Waals surface area contributed by atoms with Gasteiger partial charge in [0.2, 0.25) is 0 Å². The van der Waals surface area contributed by atoms with Crippen LogP contribution in [0.5, 0.6) is 0 Å². The Balaban J connectivity index is 1.82. The molecule has 0 amide bonds. The zero-order valence-electron chi connectivity index (χ0n) is 11.6. The highest BCUT2D eigenvalue weighted by Crippen LogP contribution is 2.14. The molecule has 1 aromatic heterocycles. The summed E-state index contributed by atoms with van der Waals surface area (Å²) in [5.74, 6) is 0.797. The van der Waals surface area contributed by atoms with Crippen molar-refractivity contribution in [2.75, 3.05) is 7.05 Å². The number of aryl methyl sites for hydroxylation is 1. The normalized spacial score (nSPS) is 11.4. The minimum absolute atomic E-state index is 0.723. The number of benzene rings is 1. The zero-order chi connectivity index (χ0) is 14.4. The van der Waals surface area contributed by atoms with Gasteiger partial charge in [-0.05, 0) is 36.8 Å². The van der Waals surface area contributed by atoms with Crippen LogP contribution in [0, 0.1) is 6.92 Å². The lowest BCUT2D eigenvalue weighted by Crippen LogP contribution is -2.36. The Hall–Kier alpha value is -1.52.